The summed E-state index contributed by atoms with van der Waals surface area (Å²) in [7, 11) is 0. The molecule has 0 N–H and O–H groups in total. The van der Waals surface area contributed by atoms with E-state index < -0.39 is 0 Å². The minimum Gasteiger partial charge on any atom is -0.457 e. The van der Waals surface area contributed by atoms with Crippen LogP contribution in [0.15, 0.2) is 78.9 Å². The maximum atomic E-state index is 5.95. The van der Waals surface area contributed by atoms with Gasteiger partial charge in [-0.3, -0.25) is 0 Å². The van der Waals surface area contributed by atoms with Crippen LogP contribution in [0.3, 0.4) is 0 Å². The van der Waals surface area contributed by atoms with Crippen LogP contribution in [0.5, 0.6) is 11.5 Å². The second-order valence-corrected chi connectivity index (χ2v) is 6.11. The highest BCUT2D eigenvalue weighted by atomic mass is 16.5. The number of aromatic nitrogens is 1. The number of hydrogen-bond acceptors (Lipinski definition) is 2. The van der Waals surface area contributed by atoms with Gasteiger partial charge in [0, 0.05) is 10.9 Å². The summed E-state index contributed by atoms with van der Waals surface area (Å²) >= 11 is 0. The van der Waals surface area contributed by atoms with E-state index in [1.54, 1.807) is 0 Å². The highest BCUT2D eigenvalue weighted by Gasteiger charge is 2.12. The monoisotopic (exact) mass is 321 g/mol. The van der Waals surface area contributed by atoms with Crippen molar-refractivity contribution in [2.24, 2.45) is 0 Å². The topological polar surface area (TPSA) is 22.1 Å². The Hall–Kier alpha value is -3.39. The average molecular weight is 321 g/mol. The average Bonchev–Trinajstić information content (AvgIpc) is 3.08. The first kappa shape index (κ1) is 14.0. The second-order valence-electron chi connectivity index (χ2n) is 6.11. The van der Waals surface area contributed by atoms with E-state index in [0.717, 1.165) is 28.3 Å². The van der Waals surface area contributed by atoms with Crippen molar-refractivity contribution in [3.05, 3.63) is 90.0 Å². The Kier molecular flexibility index (Phi) is 3.14. The molecule has 4 aromatic rings. The Bertz CT molecular complexity index is 1110. The standard InChI is InChI=1S/C23H15NO/c1-2-8-19(9-3-1)25-20-10-4-7-17(14-20)22-15-18-13-12-16-6-5-11-21(24-22)23(16)18/h1-15H. The van der Waals surface area contributed by atoms with Gasteiger partial charge in [0.05, 0.1) is 11.2 Å². The van der Waals surface area contributed by atoms with Gasteiger partial charge in [-0.25, -0.2) is 4.98 Å². The summed E-state index contributed by atoms with van der Waals surface area (Å²) in [6.07, 6.45) is 4.31. The Morgan fingerprint density at radius 2 is 1.44 bits per heavy atom. The molecule has 0 fully saturated rings. The number of rotatable bonds is 3. The van der Waals surface area contributed by atoms with Gasteiger partial charge >= 0.3 is 0 Å². The third kappa shape index (κ3) is 2.48. The van der Waals surface area contributed by atoms with Gasteiger partial charge in [0.15, 0.2) is 0 Å². The molecule has 2 nitrogen and oxygen atoms in total. The zero-order valence-corrected chi connectivity index (χ0v) is 13.5. The van der Waals surface area contributed by atoms with E-state index in [1.165, 1.54) is 16.5 Å². The smallest absolute Gasteiger partial charge is 0.128 e. The van der Waals surface area contributed by atoms with Gasteiger partial charge in [-0.2, -0.15) is 0 Å². The lowest BCUT2D eigenvalue weighted by Gasteiger charge is -2.09. The minimum atomic E-state index is 0.811. The molecule has 0 saturated heterocycles. The van der Waals surface area contributed by atoms with Gasteiger partial charge in [0.25, 0.3) is 0 Å². The number of benzene rings is 3. The summed E-state index contributed by atoms with van der Waals surface area (Å²) < 4.78 is 5.95. The molecule has 0 aliphatic heterocycles. The summed E-state index contributed by atoms with van der Waals surface area (Å²) in [5.41, 5.74) is 5.52. The second kappa shape index (κ2) is 5.60. The number of pyridine rings is 1. The third-order valence-electron chi connectivity index (χ3n) is 4.45. The van der Waals surface area contributed by atoms with Gasteiger partial charge in [0.2, 0.25) is 0 Å². The zero-order valence-electron chi connectivity index (χ0n) is 13.5. The molecule has 0 radical (unpaired) electrons. The molecular formula is C23H15NO. The lowest BCUT2D eigenvalue weighted by atomic mass is 10.0. The summed E-state index contributed by atoms with van der Waals surface area (Å²) in [5.74, 6) is 1.64. The predicted molar refractivity (Wildman–Crippen MR) is 103 cm³/mol. The molecule has 1 aromatic heterocycles. The number of hydrogen-bond donors (Lipinski definition) is 0. The predicted octanol–water partition coefficient (Wildman–Crippen LogP) is 6.18. The van der Waals surface area contributed by atoms with Crippen LogP contribution in [0.4, 0.5) is 0 Å². The van der Waals surface area contributed by atoms with E-state index in [1.807, 2.05) is 48.5 Å². The molecule has 2 heteroatoms. The number of nitrogens with zero attached hydrogens (tertiary/aromatic N) is 1. The molecule has 1 aliphatic carbocycles. The van der Waals surface area contributed by atoms with Crippen molar-refractivity contribution in [1.82, 2.24) is 4.98 Å². The first-order chi connectivity index (χ1) is 12.4. The SMILES string of the molecule is C1=Cc2cc(-c3cccc(Oc4ccccc4)c3)nc3cccc1c23. The lowest BCUT2D eigenvalue weighted by Crippen LogP contribution is -1.90. The fourth-order valence-electron chi connectivity index (χ4n) is 3.29. The van der Waals surface area contributed by atoms with E-state index in [-0.39, 0.29) is 0 Å². The van der Waals surface area contributed by atoms with Crippen LogP contribution in [0.25, 0.3) is 34.3 Å². The quantitative estimate of drug-likeness (QED) is 0.396. The Balaban J connectivity index is 1.57. The normalized spacial score (nSPS) is 11.8. The van der Waals surface area contributed by atoms with Gasteiger partial charge in [-0.05, 0) is 47.5 Å². The largest absolute Gasteiger partial charge is 0.457 e. The molecule has 0 saturated carbocycles. The first-order valence-corrected chi connectivity index (χ1v) is 8.32. The molecule has 0 amide bonds. The van der Waals surface area contributed by atoms with Crippen molar-refractivity contribution in [2.45, 2.75) is 0 Å². The molecule has 1 heterocycles. The van der Waals surface area contributed by atoms with E-state index in [9.17, 15) is 0 Å². The highest BCUT2D eigenvalue weighted by molar-refractivity contribution is 6.04. The van der Waals surface area contributed by atoms with Crippen LogP contribution < -0.4 is 4.74 Å². The maximum absolute atomic E-state index is 5.95. The highest BCUT2D eigenvalue weighted by Crippen LogP contribution is 2.34. The van der Waals surface area contributed by atoms with E-state index in [0.29, 0.717) is 0 Å². The molecule has 0 atom stereocenters. The molecule has 0 unspecified atom stereocenters. The maximum Gasteiger partial charge on any atom is 0.128 e. The fraction of sp³-hybridized carbons (Fsp3) is 0. The van der Waals surface area contributed by atoms with Crippen LogP contribution >= 0.6 is 0 Å². The summed E-state index contributed by atoms with van der Waals surface area (Å²) in [4.78, 5) is 4.86. The summed E-state index contributed by atoms with van der Waals surface area (Å²) in [6, 6.07) is 26.3. The van der Waals surface area contributed by atoms with Gasteiger partial charge < -0.3 is 4.74 Å². The van der Waals surface area contributed by atoms with Crippen molar-refractivity contribution in [1.29, 1.82) is 0 Å². The minimum absolute atomic E-state index is 0.811. The van der Waals surface area contributed by atoms with E-state index >= 15 is 0 Å². The van der Waals surface area contributed by atoms with E-state index in [4.69, 9.17) is 9.72 Å². The van der Waals surface area contributed by atoms with Crippen LogP contribution in [-0.4, -0.2) is 4.98 Å². The van der Waals surface area contributed by atoms with Crippen LogP contribution in [0.1, 0.15) is 11.1 Å². The third-order valence-corrected chi connectivity index (χ3v) is 4.45. The van der Waals surface area contributed by atoms with Gasteiger partial charge in [-0.1, -0.05) is 54.6 Å². The Morgan fingerprint density at radius 1 is 0.640 bits per heavy atom. The van der Waals surface area contributed by atoms with Crippen molar-refractivity contribution in [3.63, 3.8) is 0 Å². The summed E-state index contributed by atoms with van der Waals surface area (Å²) in [5, 5.41) is 1.24. The molecule has 1 aliphatic rings. The molecule has 5 rings (SSSR count). The lowest BCUT2D eigenvalue weighted by molar-refractivity contribution is 0.483. The molecular weight excluding hydrogens is 306 g/mol. The van der Waals surface area contributed by atoms with Crippen LogP contribution in [-0.2, 0) is 0 Å². The fourth-order valence-corrected chi connectivity index (χ4v) is 3.29. The van der Waals surface area contributed by atoms with Crippen molar-refractivity contribution < 1.29 is 4.74 Å². The summed E-state index contributed by atoms with van der Waals surface area (Å²) in [6.45, 7) is 0. The van der Waals surface area contributed by atoms with Gasteiger partial charge in [0.1, 0.15) is 11.5 Å². The molecule has 0 bridgehead atoms. The van der Waals surface area contributed by atoms with Crippen LogP contribution in [0, 0.1) is 0 Å². The number of ether oxygens (including phenoxy) is 1. The van der Waals surface area contributed by atoms with Crippen molar-refractivity contribution in [3.8, 4) is 22.8 Å². The molecule has 118 valence electrons. The van der Waals surface area contributed by atoms with Crippen molar-refractivity contribution in [2.75, 3.05) is 0 Å². The van der Waals surface area contributed by atoms with Crippen molar-refractivity contribution >= 4 is 23.1 Å². The Morgan fingerprint density at radius 3 is 2.36 bits per heavy atom. The number of para-hydroxylation sites is 1. The molecule has 0 spiro atoms. The molecule has 3 aromatic carbocycles. The van der Waals surface area contributed by atoms with E-state index in [2.05, 4.69) is 42.5 Å². The van der Waals surface area contributed by atoms with Crippen LogP contribution in [0.2, 0.25) is 0 Å². The Labute approximate surface area is 146 Å². The molecule has 25 heavy (non-hydrogen) atoms. The zero-order chi connectivity index (χ0) is 16.6. The first-order valence-electron chi connectivity index (χ1n) is 8.32. The van der Waals surface area contributed by atoms with Gasteiger partial charge in [-0.15, -0.1) is 0 Å².